The Morgan fingerprint density at radius 2 is 1.10 bits per heavy atom. The monoisotopic (exact) mass is 532 g/mol. The molecule has 2 N–H and O–H groups in total. The van der Waals surface area contributed by atoms with Gasteiger partial charge in [-0.1, -0.05) is 24.3 Å². The van der Waals surface area contributed by atoms with Gasteiger partial charge in [-0.2, -0.15) is 16.8 Å². The Hall–Kier alpha value is -0.811. The number of rotatable bonds is 8. The van der Waals surface area contributed by atoms with Gasteiger partial charge in [0.05, 0.1) is 11.5 Å². The maximum absolute atomic E-state index is 10.5. The minimum absolute atomic E-state index is 0.173. The molecule has 0 aromatic carbocycles. The van der Waals surface area contributed by atoms with E-state index in [2.05, 4.69) is 25.2 Å². The quantitative estimate of drug-likeness (QED) is 0.362. The van der Waals surface area contributed by atoms with Crippen molar-refractivity contribution in [1.29, 1.82) is 0 Å². The minimum atomic E-state index is -3.81. The van der Waals surface area contributed by atoms with Crippen LogP contribution in [0.25, 0.3) is 0 Å². The summed E-state index contributed by atoms with van der Waals surface area (Å²) in [6.45, 7) is 5.35. The van der Waals surface area contributed by atoms with E-state index in [-0.39, 0.29) is 11.5 Å². The van der Waals surface area contributed by atoms with Crippen molar-refractivity contribution in [3.8, 4) is 0 Å². The summed E-state index contributed by atoms with van der Waals surface area (Å²) in [5.41, 5.74) is 0. The summed E-state index contributed by atoms with van der Waals surface area (Å²) in [7, 11) is -3.42. The fraction of sp³-hybridized carbons (Fsp3) is 0.556. The first-order valence-electron chi connectivity index (χ1n) is 9.21. The van der Waals surface area contributed by atoms with Crippen molar-refractivity contribution in [2.75, 3.05) is 24.6 Å². The van der Waals surface area contributed by atoms with E-state index in [1.165, 1.54) is 0 Å². The number of halogens is 1. The van der Waals surface area contributed by atoms with E-state index < -0.39 is 20.2 Å². The van der Waals surface area contributed by atoms with Gasteiger partial charge in [0, 0.05) is 25.2 Å². The number of hydrogen-bond donors (Lipinski definition) is 2. The molecule has 0 radical (unpaired) electrons. The van der Waals surface area contributed by atoms with Crippen molar-refractivity contribution in [2.45, 2.75) is 38.8 Å². The predicted octanol–water partition coefficient (Wildman–Crippen LogP) is 2.76. The van der Waals surface area contributed by atoms with E-state index in [1.54, 1.807) is 0 Å². The second-order valence-electron chi connectivity index (χ2n) is 6.69. The Morgan fingerprint density at radius 3 is 1.37 bits per heavy atom. The standard InChI is InChI=1S/2C9H15NO3S.ClH.Cu/c2*1-9-5-2-3-6-10(9)7-4-8-14(11,12)13;;/h2*2-3,5-6,9H,4,7-8H2,1H3,(H,11,12,13);1H;/q;;;+1/p-1. The Bertz CT molecular complexity index is 745. The fourth-order valence-electron chi connectivity index (χ4n) is 2.68. The molecule has 0 amide bonds. The van der Waals surface area contributed by atoms with Gasteiger partial charge in [-0.3, -0.25) is 9.11 Å². The van der Waals surface area contributed by atoms with Crippen LogP contribution < -0.4 is 0 Å². The zero-order valence-corrected chi connectivity index (χ0v) is 20.3. The van der Waals surface area contributed by atoms with Gasteiger partial charge in [-0.15, -0.1) is 0 Å². The molecule has 2 atom stereocenters. The molecular weight excluding hydrogens is 503 g/mol. The van der Waals surface area contributed by atoms with E-state index in [4.69, 9.17) is 9.11 Å². The normalized spacial score (nSPS) is 20.4. The van der Waals surface area contributed by atoms with Crippen molar-refractivity contribution in [1.82, 2.24) is 9.80 Å². The molecule has 0 aromatic heterocycles. The molecule has 2 heterocycles. The third-order valence-electron chi connectivity index (χ3n) is 4.24. The predicted molar refractivity (Wildman–Crippen MR) is 117 cm³/mol. The first-order chi connectivity index (χ1) is 14.0. The SMILES string of the molecule is CC1C=CC=CN1CCCS(=O)(=O)O.CC1C=CC=CN1CCCS(=O)(=O)O.[Cl][Cu]. The Kier molecular flexibility index (Phi) is 14.7. The first kappa shape index (κ1) is 29.2. The van der Waals surface area contributed by atoms with Crippen LogP contribution in [-0.4, -0.2) is 72.4 Å². The van der Waals surface area contributed by atoms with Crippen LogP contribution in [0.3, 0.4) is 0 Å². The zero-order valence-electron chi connectivity index (χ0n) is 16.9. The maximum atomic E-state index is 10.5. The van der Waals surface area contributed by atoms with Crippen LogP contribution >= 0.6 is 10.1 Å². The van der Waals surface area contributed by atoms with Crippen LogP contribution in [0.1, 0.15) is 26.7 Å². The van der Waals surface area contributed by atoms with Crippen molar-refractivity contribution >= 4 is 30.3 Å². The second kappa shape index (κ2) is 15.1. The van der Waals surface area contributed by atoms with Gasteiger partial charge in [-0.05, 0) is 51.2 Å². The third-order valence-corrected chi connectivity index (χ3v) is 5.85. The second-order valence-corrected chi connectivity index (χ2v) is 9.83. The Balaban J connectivity index is 0.000000518. The van der Waals surface area contributed by atoms with Crippen LogP contribution in [0.2, 0.25) is 0 Å². The number of allylic oxidation sites excluding steroid dienone is 4. The van der Waals surface area contributed by atoms with Crippen LogP contribution in [-0.2, 0) is 35.3 Å². The van der Waals surface area contributed by atoms with Gasteiger partial charge in [0.1, 0.15) is 0 Å². The summed E-state index contributed by atoms with van der Waals surface area (Å²) >= 11 is 3.66. The molecule has 8 nitrogen and oxygen atoms in total. The Labute approximate surface area is 192 Å². The molecule has 2 aliphatic rings. The molecule has 30 heavy (non-hydrogen) atoms. The molecule has 0 aliphatic carbocycles. The summed E-state index contributed by atoms with van der Waals surface area (Å²) in [6, 6.07) is 0.586. The molecule has 0 fully saturated rings. The first-order valence-corrected chi connectivity index (χ1v) is 13.7. The Morgan fingerprint density at radius 1 is 0.767 bits per heavy atom. The van der Waals surface area contributed by atoms with Crippen LogP contribution in [0.5, 0.6) is 0 Å². The summed E-state index contributed by atoms with van der Waals surface area (Å²) < 4.78 is 58.9. The van der Waals surface area contributed by atoms with E-state index in [0.29, 0.717) is 38.0 Å². The molecule has 2 unspecified atom stereocenters. The number of hydrogen-bond acceptors (Lipinski definition) is 6. The number of nitrogens with zero attached hydrogens (tertiary/aromatic N) is 2. The topological polar surface area (TPSA) is 115 Å². The van der Waals surface area contributed by atoms with Crippen molar-refractivity contribution in [2.24, 2.45) is 0 Å². The average molecular weight is 534 g/mol. The van der Waals surface area contributed by atoms with Gasteiger partial charge >= 0.3 is 25.2 Å². The molecule has 0 spiro atoms. The van der Waals surface area contributed by atoms with Crippen molar-refractivity contribution in [3.63, 3.8) is 0 Å². The molecular formula is C18H30ClCuN2O6S2. The fourth-order valence-corrected chi connectivity index (χ4v) is 3.67. The summed E-state index contributed by atoms with van der Waals surface area (Å²) in [4.78, 5) is 4.07. The van der Waals surface area contributed by atoms with Crippen LogP contribution in [0, 0.1) is 0 Å². The van der Waals surface area contributed by atoms with Gasteiger partial charge in [0.2, 0.25) is 0 Å². The van der Waals surface area contributed by atoms with Crippen molar-refractivity contribution in [3.05, 3.63) is 48.9 Å². The average Bonchev–Trinajstić information content (AvgIpc) is 2.65. The van der Waals surface area contributed by atoms with Crippen LogP contribution in [0.15, 0.2) is 48.9 Å². The molecule has 0 bridgehead atoms. The molecule has 12 heteroatoms. The van der Waals surface area contributed by atoms with Gasteiger partial charge in [0.25, 0.3) is 20.2 Å². The molecule has 0 saturated heterocycles. The third kappa shape index (κ3) is 15.1. The van der Waals surface area contributed by atoms with Crippen molar-refractivity contribution < 1.29 is 41.0 Å². The summed E-state index contributed by atoms with van der Waals surface area (Å²) in [6.07, 6.45) is 16.6. The van der Waals surface area contributed by atoms with Gasteiger partial charge < -0.3 is 9.80 Å². The molecule has 2 aliphatic heterocycles. The summed E-state index contributed by atoms with van der Waals surface area (Å²) in [5, 5.41) is 0. The molecule has 178 valence electrons. The van der Waals surface area contributed by atoms with E-state index >= 15 is 0 Å². The van der Waals surface area contributed by atoms with E-state index in [0.717, 1.165) is 0 Å². The molecule has 0 aromatic rings. The molecule has 0 saturated carbocycles. The van der Waals surface area contributed by atoms with E-state index in [9.17, 15) is 16.8 Å². The summed E-state index contributed by atoms with van der Waals surface area (Å²) in [5.74, 6) is -0.346. The zero-order chi connectivity index (χ0) is 23.2. The van der Waals surface area contributed by atoms with E-state index in [1.807, 2.05) is 72.5 Å². The van der Waals surface area contributed by atoms with Gasteiger partial charge in [-0.25, -0.2) is 0 Å². The molecule has 2 rings (SSSR count). The van der Waals surface area contributed by atoms with Gasteiger partial charge in [0.15, 0.2) is 0 Å². The van der Waals surface area contributed by atoms with Crippen LogP contribution in [0.4, 0.5) is 0 Å².